The minimum atomic E-state index is -1.07. The lowest BCUT2D eigenvalue weighted by Gasteiger charge is -2.32. The third-order valence-corrected chi connectivity index (χ3v) is 11.5. The smallest absolute Gasteiger partial charge is 0.338 e. The summed E-state index contributed by atoms with van der Waals surface area (Å²) in [4.78, 5) is 56.2. The maximum absolute atomic E-state index is 13.9. The van der Waals surface area contributed by atoms with Gasteiger partial charge in [0.25, 0.3) is 11.8 Å². The lowest BCUT2D eigenvalue weighted by Crippen LogP contribution is -2.50. The predicted octanol–water partition coefficient (Wildman–Crippen LogP) is 10.3. The Morgan fingerprint density at radius 2 is 0.857 bits per heavy atom. The van der Waals surface area contributed by atoms with Crippen LogP contribution in [0.3, 0.4) is 0 Å². The van der Waals surface area contributed by atoms with Crippen LogP contribution in [0.4, 0.5) is 0 Å². The molecule has 0 atom stereocenters. The standard InChI is InChI=1S/C47H57NO8/c1-3-5-7-9-11-13-15-17-27-55-46(53)38-25-21-34-32-19-23-36-42-37(45(52)48(44(36)51)31(29-49)30-50)24-20-33(40(32)42)35-22-26-39(43(38)41(34)35)47(54)56-28-18-16-14-12-10-8-6-4-2/h19-26,31,49-50H,3-18,27-30H2,1-2H3. The van der Waals surface area contributed by atoms with Crippen LogP contribution in [0.15, 0.2) is 48.5 Å². The molecule has 56 heavy (non-hydrogen) atoms. The summed E-state index contributed by atoms with van der Waals surface area (Å²) in [5, 5.41) is 25.2. The van der Waals surface area contributed by atoms with Crippen LogP contribution in [0, 0.1) is 0 Å². The number of amides is 2. The van der Waals surface area contributed by atoms with Crippen LogP contribution < -0.4 is 0 Å². The second-order valence-electron chi connectivity index (χ2n) is 15.4. The first-order valence-corrected chi connectivity index (χ1v) is 21.0. The monoisotopic (exact) mass is 763 g/mol. The number of unbranched alkanes of at least 4 members (excludes halogenated alkanes) is 14. The summed E-state index contributed by atoms with van der Waals surface area (Å²) in [5.74, 6) is -2.16. The number of carbonyl (C=O) groups excluding carboxylic acids is 4. The normalized spacial score (nSPS) is 13.0. The Kier molecular flexibility index (Phi) is 14.3. The SMILES string of the molecule is CCCCCCCCCCOC(=O)c1ccc2c3ccc4c5c(ccc(c6ccc(C(=O)OCCCCCCCCCC)c1c26)c53)C(=O)N(C(CO)CO)C4=O. The van der Waals surface area contributed by atoms with Gasteiger partial charge >= 0.3 is 11.9 Å². The van der Waals surface area contributed by atoms with Crippen molar-refractivity contribution in [2.75, 3.05) is 26.4 Å². The summed E-state index contributed by atoms with van der Waals surface area (Å²) >= 11 is 0. The van der Waals surface area contributed by atoms with Crippen molar-refractivity contribution in [2.24, 2.45) is 0 Å². The van der Waals surface area contributed by atoms with Gasteiger partial charge < -0.3 is 19.7 Å². The van der Waals surface area contributed by atoms with Crippen molar-refractivity contribution in [3.05, 3.63) is 70.8 Å². The molecule has 5 aromatic rings. The number of benzene rings is 5. The van der Waals surface area contributed by atoms with Crippen LogP contribution in [-0.4, -0.2) is 71.3 Å². The molecule has 0 aliphatic carbocycles. The number of hydrogen-bond acceptors (Lipinski definition) is 8. The molecule has 1 heterocycles. The van der Waals surface area contributed by atoms with E-state index < -0.39 is 43.0 Å². The van der Waals surface area contributed by atoms with E-state index in [0.29, 0.717) is 38.4 Å². The molecule has 298 valence electrons. The van der Waals surface area contributed by atoms with Gasteiger partial charge in [0.2, 0.25) is 0 Å². The fourth-order valence-electron chi connectivity index (χ4n) is 8.45. The van der Waals surface area contributed by atoms with E-state index in [1.807, 2.05) is 24.3 Å². The third kappa shape index (κ3) is 8.40. The van der Waals surface area contributed by atoms with Crippen LogP contribution in [0.1, 0.15) is 158 Å². The molecule has 0 unspecified atom stereocenters. The summed E-state index contributed by atoms with van der Waals surface area (Å²) in [5.41, 5.74) is 1.18. The van der Waals surface area contributed by atoms with Gasteiger partial charge in [-0.05, 0) is 69.4 Å². The van der Waals surface area contributed by atoms with Crippen molar-refractivity contribution < 1.29 is 38.9 Å². The lowest BCUT2D eigenvalue weighted by molar-refractivity contribution is 0.0374. The van der Waals surface area contributed by atoms with Gasteiger partial charge in [-0.2, -0.15) is 0 Å². The molecule has 1 aliphatic rings. The second-order valence-corrected chi connectivity index (χ2v) is 15.4. The fraction of sp³-hybridized carbons (Fsp3) is 0.489. The second kappa shape index (κ2) is 19.5. The Balaban J connectivity index is 1.35. The summed E-state index contributed by atoms with van der Waals surface area (Å²) in [6.07, 6.45) is 18.0. The number of carbonyl (C=O) groups is 4. The average Bonchev–Trinajstić information content (AvgIpc) is 3.21. The highest BCUT2D eigenvalue weighted by atomic mass is 16.5. The summed E-state index contributed by atoms with van der Waals surface area (Å²) in [7, 11) is 0. The Labute approximate surface area is 329 Å². The predicted molar refractivity (Wildman–Crippen MR) is 222 cm³/mol. The van der Waals surface area contributed by atoms with Gasteiger partial charge in [-0.1, -0.05) is 128 Å². The number of aliphatic hydroxyl groups excluding tert-OH is 2. The highest BCUT2D eigenvalue weighted by Gasteiger charge is 2.38. The molecule has 0 fully saturated rings. The van der Waals surface area contributed by atoms with Gasteiger partial charge in [0.15, 0.2) is 0 Å². The van der Waals surface area contributed by atoms with Crippen LogP contribution in [-0.2, 0) is 9.47 Å². The molecule has 9 heteroatoms. The highest BCUT2D eigenvalue weighted by molar-refractivity contribution is 6.40. The molecule has 1 aliphatic heterocycles. The van der Waals surface area contributed by atoms with E-state index in [9.17, 15) is 29.4 Å². The third-order valence-electron chi connectivity index (χ3n) is 11.5. The van der Waals surface area contributed by atoms with Crippen LogP contribution in [0.2, 0.25) is 0 Å². The van der Waals surface area contributed by atoms with Gasteiger partial charge in [0.1, 0.15) is 0 Å². The van der Waals surface area contributed by atoms with E-state index in [1.54, 1.807) is 24.3 Å². The Hall–Kier alpha value is -4.60. The molecule has 2 amide bonds. The Morgan fingerprint density at radius 3 is 1.25 bits per heavy atom. The van der Waals surface area contributed by atoms with Gasteiger partial charge in [-0.3, -0.25) is 14.5 Å². The van der Waals surface area contributed by atoms with Gasteiger partial charge in [0, 0.05) is 21.9 Å². The molecule has 5 aromatic carbocycles. The number of fused-ring (bicyclic) bond motifs is 2. The van der Waals surface area contributed by atoms with Gasteiger partial charge in [-0.25, -0.2) is 9.59 Å². The zero-order chi connectivity index (χ0) is 39.6. The summed E-state index contributed by atoms with van der Waals surface area (Å²) in [6.45, 7) is 3.87. The molecule has 0 radical (unpaired) electrons. The highest BCUT2D eigenvalue weighted by Crippen LogP contribution is 2.45. The van der Waals surface area contributed by atoms with E-state index in [2.05, 4.69) is 13.8 Å². The van der Waals surface area contributed by atoms with Crippen molar-refractivity contribution in [3.8, 4) is 0 Å². The number of imide groups is 1. The molecule has 0 spiro atoms. The maximum atomic E-state index is 13.9. The maximum Gasteiger partial charge on any atom is 0.338 e. The quantitative estimate of drug-likeness (QED) is 0.0221. The summed E-state index contributed by atoms with van der Waals surface area (Å²) in [6, 6.07) is 13.1. The number of ether oxygens (including phenoxy) is 2. The average molecular weight is 764 g/mol. The zero-order valence-electron chi connectivity index (χ0n) is 33.1. The first-order chi connectivity index (χ1) is 27.4. The topological polar surface area (TPSA) is 130 Å². The van der Waals surface area contributed by atoms with Crippen LogP contribution in [0.5, 0.6) is 0 Å². The van der Waals surface area contributed by atoms with E-state index in [-0.39, 0.29) is 13.2 Å². The molecule has 6 rings (SSSR count). The van der Waals surface area contributed by atoms with Crippen molar-refractivity contribution in [1.29, 1.82) is 0 Å². The number of aliphatic hydroxyl groups is 2. The van der Waals surface area contributed by atoms with E-state index in [1.165, 1.54) is 64.2 Å². The van der Waals surface area contributed by atoms with Gasteiger partial charge in [0.05, 0.1) is 43.6 Å². The van der Waals surface area contributed by atoms with Crippen molar-refractivity contribution >= 4 is 66.8 Å². The molecular formula is C47H57NO8. The van der Waals surface area contributed by atoms with Gasteiger partial charge in [-0.15, -0.1) is 0 Å². The largest absolute Gasteiger partial charge is 0.462 e. The Bertz CT molecular complexity index is 2030. The number of hydrogen-bond donors (Lipinski definition) is 2. The molecule has 9 nitrogen and oxygen atoms in total. The molecule has 0 saturated carbocycles. The number of esters is 2. The first kappa shape index (κ1) is 41.0. The first-order valence-electron chi connectivity index (χ1n) is 21.0. The number of rotatable bonds is 23. The van der Waals surface area contributed by atoms with Crippen molar-refractivity contribution in [3.63, 3.8) is 0 Å². The van der Waals surface area contributed by atoms with Crippen molar-refractivity contribution in [1.82, 2.24) is 4.90 Å². The molecule has 0 saturated heterocycles. The van der Waals surface area contributed by atoms with E-state index in [4.69, 9.17) is 9.47 Å². The molecule has 0 aromatic heterocycles. The van der Waals surface area contributed by atoms with E-state index in [0.717, 1.165) is 70.4 Å². The molecule has 0 bridgehead atoms. The number of nitrogens with zero attached hydrogens (tertiary/aromatic N) is 1. The minimum absolute atomic E-state index is 0.287. The minimum Gasteiger partial charge on any atom is -0.462 e. The fourth-order valence-corrected chi connectivity index (χ4v) is 8.45. The molecule has 2 N–H and O–H groups in total. The zero-order valence-corrected chi connectivity index (χ0v) is 33.1. The van der Waals surface area contributed by atoms with Crippen LogP contribution in [0.25, 0.3) is 43.1 Å². The Morgan fingerprint density at radius 1 is 0.500 bits per heavy atom. The van der Waals surface area contributed by atoms with E-state index >= 15 is 0 Å². The van der Waals surface area contributed by atoms with Crippen LogP contribution >= 0.6 is 0 Å². The lowest BCUT2D eigenvalue weighted by atomic mass is 9.83. The van der Waals surface area contributed by atoms with Crippen molar-refractivity contribution in [2.45, 2.75) is 123 Å². The summed E-state index contributed by atoms with van der Waals surface area (Å²) < 4.78 is 11.7. The molecular weight excluding hydrogens is 707 g/mol.